The van der Waals surface area contributed by atoms with E-state index in [1.165, 1.54) is 17.1 Å². The molecular formula is C17H19I2N3. The SMILES string of the molecule is CC(C)c1ccc[n+](-c2ccccc2)c1-[n+]1cc[nH]c1.[I-].[I-]. The van der Waals surface area contributed by atoms with E-state index in [0.717, 1.165) is 0 Å². The van der Waals surface area contributed by atoms with E-state index in [1.807, 2.05) is 24.8 Å². The maximum atomic E-state index is 3.12. The van der Waals surface area contributed by atoms with Crippen LogP contribution in [0, 0.1) is 0 Å². The molecule has 116 valence electrons. The van der Waals surface area contributed by atoms with Crippen molar-refractivity contribution in [2.24, 2.45) is 0 Å². The van der Waals surface area contributed by atoms with E-state index in [0.29, 0.717) is 5.92 Å². The van der Waals surface area contributed by atoms with Gasteiger partial charge in [0, 0.05) is 18.2 Å². The molecule has 0 saturated carbocycles. The largest absolute Gasteiger partial charge is 1.00 e. The van der Waals surface area contributed by atoms with Crippen molar-refractivity contribution in [3.05, 3.63) is 72.9 Å². The molecule has 0 saturated heterocycles. The van der Waals surface area contributed by atoms with Crippen LogP contribution in [0.2, 0.25) is 0 Å². The third-order valence-corrected chi connectivity index (χ3v) is 3.44. The van der Waals surface area contributed by atoms with Crippen LogP contribution in [0.3, 0.4) is 0 Å². The zero-order valence-corrected chi connectivity index (χ0v) is 16.9. The van der Waals surface area contributed by atoms with Crippen LogP contribution in [0.1, 0.15) is 25.3 Å². The quantitative estimate of drug-likeness (QED) is 0.277. The molecule has 0 atom stereocenters. The molecule has 0 bridgehead atoms. The Morgan fingerprint density at radius 2 is 1.64 bits per heavy atom. The maximum absolute atomic E-state index is 3.12. The lowest BCUT2D eigenvalue weighted by molar-refractivity contribution is -0.740. The molecule has 0 fully saturated rings. The summed E-state index contributed by atoms with van der Waals surface area (Å²) >= 11 is 0. The minimum absolute atomic E-state index is 0. The van der Waals surface area contributed by atoms with Crippen LogP contribution >= 0.6 is 0 Å². The summed E-state index contributed by atoms with van der Waals surface area (Å²) in [7, 11) is 0. The van der Waals surface area contributed by atoms with Gasteiger partial charge in [-0.1, -0.05) is 36.6 Å². The minimum Gasteiger partial charge on any atom is -1.00 e. The van der Waals surface area contributed by atoms with Crippen LogP contribution in [-0.2, 0) is 0 Å². The fourth-order valence-electron chi connectivity index (χ4n) is 2.46. The molecule has 3 nitrogen and oxygen atoms in total. The maximum Gasteiger partial charge on any atom is 0.459 e. The molecule has 0 aliphatic rings. The van der Waals surface area contributed by atoms with Gasteiger partial charge in [0.2, 0.25) is 5.69 Å². The Morgan fingerprint density at radius 1 is 0.909 bits per heavy atom. The Hall–Kier alpha value is -0.960. The smallest absolute Gasteiger partial charge is 0.459 e. The number of pyridine rings is 1. The Balaban J connectivity index is 0.00000121. The minimum atomic E-state index is 0. The van der Waals surface area contributed by atoms with Crippen LogP contribution in [-0.4, -0.2) is 4.98 Å². The second kappa shape index (κ2) is 8.61. The van der Waals surface area contributed by atoms with Gasteiger partial charge in [0.1, 0.15) is 0 Å². The van der Waals surface area contributed by atoms with E-state index in [4.69, 9.17) is 0 Å². The zero-order chi connectivity index (χ0) is 13.9. The highest BCUT2D eigenvalue weighted by atomic mass is 127. The lowest BCUT2D eigenvalue weighted by Gasteiger charge is -2.05. The summed E-state index contributed by atoms with van der Waals surface area (Å²) < 4.78 is 4.35. The van der Waals surface area contributed by atoms with Gasteiger partial charge in [-0.2, -0.15) is 0 Å². The molecule has 0 spiro atoms. The van der Waals surface area contributed by atoms with Crippen molar-refractivity contribution >= 4 is 0 Å². The molecule has 0 radical (unpaired) electrons. The van der Waals surface area contributed by atoms with Crippen molar-refractivity contribution in [3.8, 4) is 11.5 Å². The van der Waals surface area contributed by atoms with Gasteiger partial charge >= 0.3 is 5.82 Å². The Bertz CT molecular complexity index is 695. The number of aromatic nitrogens is 3. The first-order valence-corrected chi connectivity index (χ1v) is 6.92. The van der Waals surface area contributed by atoms with Gasteiger partial charge in [0.15, 0.2) is 12.4 Å². The summed E-state index contributed by atoms with van der Waals surface area (Å²) in [6.07, 6.45) is 8.06. The predicted octanol–water partition coefficient (Wildman–Crippen LogP) is -3.30. The normalized spacial score (nSPS) is 9.95. The fourth-order valence-corrected chi connectivity index (χ4v) is 2.46. The molecule has 2 heterocycles. The summed E-state index contributed by atoms with van der Waals surface area (Å²) in [6.45, 7) is 4.45. The third kappa shape index (κ3) is 3.87. The van der Waals surface area contributed by atoms with Gasteiger partial charge in [-0.25, -0.2) is 0 Å². The highest BCUT2D eigenvalue weighted by Gasteiger charge is 2.29. The highest BCUT2D eigenvalue weighted by Crippen LogP contribution is 2.17. The fraction of sp³-hybridized carbons (Fsp3) is 0.176. The number of aromatic amines is 1. The Morgan fingerprint density at radius 3 is 2.23 bits per heavy atom. The third-order valence-electron chi connectivity index (χ3n) is 3.44. The Kier molecular flexibility index (Phi) is 7.47. The van der Waals surface area contributed by atoms with E-state index in [1.54, 1.807) is 0 Å². The first kappa shape index (κ1) is 19.1. The summed E-state index contributed by atoms with van der Waals surface area (Å²) in [5, 5.41) is 0. The average molecular weight is 519 g/mol. The van der Waals surface area contributed by atoms with Crippen LogP contribution < -0.4 is 57.1 Å². The Labute approximate surface area is 165 Å². The summed E-state index contributed by atoms with van der Waals surface area (Å²) in [5.41, 5.74) is 2.49. The topological polar surface area (TPSA) is 23.5 Å². The number of hydrogen-bond donors (Lipinski definition) is 1. The first-order valence-electron chi connectivity index (χ1n) is 6.92. The average Bonchev–Trinajstić information content (AvgIpc) is 3.01. The number of nitrogens with zero attached hydrogens (tertiary/aromatic N) is 2. The number of hydrogen-bond acceptors (Lipinski definition) is 0. The van der Waals surface area contributed by atoms with Crippen molar-refractivity contribution in [2.45, 2.75) is 19.8 Å². The lowest BCUT2D eigenvalue weighted by Crippen LogP contribution is -3.00. The van der Waals surface area contributed by atoms with Crippen LogP contribution in [0.4, 0.5) is 0 Å². The number of imidazole rings is 1. The summed E-state index contributed by atoms with van der Waals surface area (Å²) in [4.78, 5) is 3.12. The molecule has 3 aromatic rings. The molecule has 5 heteroatoms. The van der Waals surface area contributed by atoms with Crippen molar-refractivity contribution in [1.82, 2.24) is 4.98 Å². The van der Waals surface area contributed by atoms with E-state index in [9.17, 15) is 0 Å². The van der Waals surface area contributed by atoms with Gasteiger partial charge in [0.25, 0.3) is 6.33 Å². The molecule has 1 N–H and O–H groups in total. The number of halogens is 2. The zero-order valence-electron chi connectivity index (χ0n) is 12.6. The monoisotopic (exact) mass is 519 g/mol. The van der Waals surface area contributed by atoms with Gasteiger partial charge < -0.3 is 52.9 Å². The first-order chi connectivity index (χ1) is 9.77. The summed E-state index contributed by atoms with van der Waals surface area (Å²) in [6, 6.07) is 14.7. The van der Waals surface area contributed by atoms with Crippen molar-refractivity contribution in [3.63, 3.8) is 0 Å². The molecule has 0 amide bonds. The number of para-hydroxylation sites is 1. The van der Waals surface area contributed by atoms with Gasteiger partial charge in [-0.15, -0.1) is 4.57 Å². The van der Waals surface area contributed by atoms with E-state index < -0.39 is 0 Å². The van der Waals surface area contributed by atoms with Gasteiger partial charge in [-0.3, -0.25) is 0 Å². The van der Waals surface area contributed by atoms with E-state index in [2.05, 4.69) is 70.6 Å². The van der Waals surface area contributed by atoms with Crippen LogP contribution in [0.15, 0.2) is 67.4 Å². The highest BCUT2D eigenvalue weighted by molar-refractivity contribution is 5.29. The van der Waals surface area contributed by atoms with E-state index in [-0.39, 0.29) is 48.0 Å². The second-order valence-corrected chi connectivity index (χ2v) is 5.17. The van der Waals surface area contributed by atoms with Crippen molar-refractivity contribution in [1.29, 1.82) is 0 Å². The molecule has 0 unspecified atom stereocenters. The standard InChI is InChI=1S/C17H18N3.2HI/c1-14(2)16-9-6-11-20(15-7-4-3-5-8-15)17(16)19-12-10-18-13-19;;/h3-14H,1-2H3;2*1H/q+1;;/p-1. The number of rotatable bonds is 3. The van der Waals surface area contributed by atoms with Gasteiger partial charge in [0.05, 0.1) is 11.8 Å². The van der Waals surface area contributed by atoms with E-state index >= 15 is 0 Å². The molecule has 1 aromatic carbocycles. The molecule has 0 aliphatic carbocycles. The molecule has 22 heavy (non-hydrogen) atoms. The molecule has 3 rings (SSSR count). The second-order valence-electron chi connectivity index (χ2n) is 5.17. The van der Waals surface area contributed by atoms with Crippen molar-refractivity contribution < 1.29 is 57.1 Å². The number of benzene rings is 1. The predicted molar refractivity (Wildman–Crippen MR) is 77.9 cm³/mol. The van der Waals surface area contributed by atoms with Crippen LogP contribution in [0.25, 0.3) is 11.5 Å². The number of H-pyrrole nitrogens is 1. The molecule has 0 aliphatic heterocycles. The van der Waals surface area contributed by atoms with Gasteiger partial charge in [-0.05, 0) is 12.0 Å². The molecular weight excluding hydrogens is 500 g/mol. The summed E-state index contributed by atoms with van der Waals surface area (Å²) in [5.74, 6) is 1.64. The van der Waals surface area contributed by atoms with Crippen LogP contribution in [0.5, 0.6) is 0 Å². The lowest BCUT2D eigenvalue weighted by atomic mass is 10.0. The van der Waals surface area contributed by atoms with Crippen molar-refractivity contribution in [2.75, 3.05) is 0 Å². The number of nitrogens with one attached hydrogen (secondary N) is 1. The molecule has 2 aromatic heterocycles.